The van der Waals surface area contributed by atoms with Gasteiger partial charge in [-0.1, -0.05) is 18.2 Å². The van der Waals surface area contributed by atoms with Crippen molar-refractivity contribution in [3.8, 4) is 5.88 Å². The van der Waals surface area contributed by atoms with Gasteiger partial charge in [0.05, 0.1) is 7.11 Å². The lowest BCUT2D eigenvalue weighted by Gasteiger charge is -2.09. The number of rotatable bonds is 2. The zero-order valence-corrected chi connectivity index (χ0v) is 9.71. The van der Waals surface area contributed by atoms with E-state index in [1.165, 1.54) is 7.11 Å². The van der Waals surface area contributed by atoms with Crippen LogP contribution in [0.25, 0.3) is 10.8 Å². The van der Waals surface area contributed by atoms with Crippen molar-refractivity contribution in [1.82, 2.24) is 4.98 Å². The maximum Gasteiger partial charge on any atom is 0.271 e. The second-order valence-corrected chi connectivity index (χ2v) is 3.76. The van der Waals surface area contributed by atoms with Crippen molar-refractivity contribution in [2.24, 2.45) is 0 Å². The summed E-state index contributed by atoms with van der Waals surface area (Å²) in [5, 5.41) is 1.24. The summed E-state index contributed by atoms with van der Waals surface area (Å²) in [5.41, 5.74) is 1.02. The smallest absolute Gasteiger partial charge is 0.271 e. The Balaban J connectivity index is 2.88. The highest BCUT2D eigenvalue weighted by atomic mass is 35.5. The first-order chi connectivity index (χ1) is 7.65. The molecule has 0 atom stereocenters. The average Bonchev–Trinajstić information content (AvgIpc) is 2.29. The Hall–Kier alpha value is -1.61. The third-order valence-electron chi connectivity index (χ3n) is 2.51. The summed E-state index contributed by atoms with van der Waals surface area (Å²) in [6.45, 7) is 1.82. The Morgan fingerprint density at radius 2 is 1.94 bits per heavy atom. The first-order valence-corrected chi connectivity index (χ1v) is 5.16. The fourth-order valence-corrected chi connectivity index (χ4v) is 1.90. The third kappa shape index (κ3) is 1.63. The number of pyridine rings is 1. The van der Waals surface area contributed by atoms with Gasteiger partial charge in [0.25, 0.3) is 5.24 Å². The summed E-state index contributed by atoms with van der Waals surface area (Å²) in [6.07, 6.45) is 0. The molecule has 1 aromatic carbocycles. The molecule has 0 aliphatic carbocycles. The summed E-state index contributed by atoms with van der Waals surface area (Å²) in [7, 11) is 1.52. The van der Waals surface area contributed by atoms with Crippen molar-refractivity contribution in [1.29, 1.82) is 0 Å². The molecule has 0 spiro atoms. The van der Waals surface area contributed by atoms with Gasteiger partial charge in [-0.15, -0.1) is 0 Å². The summed E-state index contributed by atoms with van der Waals surface area (Å²) in [5.74, 6) is 0.421. The lowest BCUT2D eigenvalue weighted by Crippen LogP contribution is -2.02. The third-order valence-corrected chi connectivity index (χ3v) is 2.69. The number of methoxy groups -OCH3 is 1. The second kappa shape index (κ2) is 4.10. The van der Waals surface area contributed by atoms with Gasteiger partial charge in [0, 0.05) is 5.39 Å². The van der Waals surface area contributed by atoms with Crippen LogP contribution in [-0.4, -0.2) is 17.3 Å². The molecule has 0 amide bonds. The number of benzene rings is 1. The van der Waals surface area contributed by atoms with Crippen LogP contribution in [0.4, 0.5) is 0 Å². The van der Waals surface area contributed by atoms with Crippen LogP contribution in [-0.2, 0) is 0 Å². The SMILES string of the molecule is COc1nc(C(=O)Cl)c(C)c2ccccc12. The van der Waals surface area contributed by atoms with Crippen molar-refractivity contribution in [2.75, 3.05) is 7.11 Å². The molecule has 1 heterocycles. The molecule has 0 saturated carbocycles. The molecule has 4 heteroatoms. The maximum absolute atomic E-state index is 11.2. The number of carbonyl (C=O) groups is 1. The number of fused-ring (bicyclic) bond motifs is 1. The fourth-order valence-electron chi connectivity index (χ4n) is 1.72. The molecule has 3 nitrogen and oxygen atoms in total. The van der Waals surface area contributed by atoms with E-state index in [0.717, 1.165) is 16.3 Å². The zero-order chi connectivity index (χ0) is 11.7. The minimum Gasteiger partial charge on any atom is -0.481 e. The van der Waals surface area contributed by atoms with Crippen molar-refractivity contribution in [3.63, 3.8) is 0 Å². The normalized spacial score (nSPS) is 10.4. The summed E-state index contributed by atoms with van der Waals surface area (Å²) < 4.78 is 5.15. The minimum atomic E-state index is -0.568. The number of aromatic nitrogens is 1. The van der Waals surface area contributed by atoms with E-state index < -0.39 is 5.24 Å². The maximum atomic E-state index is 11.2. The molecule has 0 bridgehead atoms. The molecule has 0 saturated heterocycles. The van der Waals surface area contributed by atoms with E-state index in [1.807, 2.05) is 31.2 Å². The van der Waals surface area contributed by atoms with Crippen LogP contribution >= 0.6 is 11.6 Å². The number of carbonyl (C=O) groups excluding carboxylic acids is 1. The van der Waals surface area contributed by atoms with Gasteiger partial charge in [-0.05, 0) is 35.5 Å². The van der Waals surface area contributed by atoms with E-state index >= 15 is 0 Å². The lowest BCUT2D eigenvalue weighted by molar-refractivity contribution is 0.107. The highest BCUT2D eigenvalue weighted by Crippen LogP contribution is 2.28. The van der Waals surface area contributed by atoms with E-state index in [1.54, 1.807) is 0 Å². The molecule has 16 heavy (non-hydrogen) atoms. The lowest BCUT2D eigenvalue weighted by atomic mass is 10.1. The van der Waals surface area contributed by atoms with Crippen LogP contribution in [0.5, 0.6) is 5.88 Å². The molecule has 0 aliphatic rings. The zero-order valence-electron chi connectivity index (χ0n) is 8.95. The van der Waals surface area contributed by atoms with Gasteiger partial charge in [-0.25, -0.2) is 4.98 Å². The molecular formula is C12H10ClNO2. The highest BCUT2D eigenvalue weighted by molar-refractivity contribution is 6.67. The summed E-state index contributed by atoms with van der Waals surface area (Å²) >= 11 is 5.48. The molecule has 2 rings (SSSR count). The summed E-state index contributed by atoms with van der Waals surface area (Å²) in [6, 6.07) is 7.61. The Morgan fingerprint density at radius 3 is 2.50 bits per heavy atom. The van der Waals surface area contributed by atoms with E-state index in [0.29, 0.717) is 5.88 Å². The molecule has 0 aliphatic heterocycles. The van der Waals surface area contributed by atoms with Crippen LogP contribution in [0, 0.1) is 6.92 Å². The molecule has 0 unspecified atom stereocenters. The Morgan fingerprint density at radius 1 is 1.31 bits per heavy atom. The Bertz CT molecular complexity index is 566. The average molecular weight is 236 g/mol. The number of aryl methyl sites for hydroxylation is 1. The van der Waals surface area contributed by atoms with E-state index in [9.17, 15) is 4.79 Å². The van der Waals surface area contributed by atoms with Crippen LogP contribution < -0.4 is 4.74 Å². The monoisotopic (exact) mass is 235 g/mol. The summed E-state index contributed by atoms with van der Waals surface area (Å²) in [4.78, 5) is 15.3. The van der Waals surface area contributed by atoms with Crippen LogP contribution in [0.3, 0.4) is 0 Å². The molecule has 0 N–H and O–H groups in total. The number of halogens is 1. The van der Waals surface area contributed by atoms with Crippen molar-refractivity contribution < 1.29 is 9.53 Å². The van der Waals surface area contributed by atoms with E-state index in [2.05, 4.69) is 4.98 Å². The van der Waals surface area contributed by atoms with Crippen LogP contribution in [0.2, 0.25) is 0 Å². The fraction of sp³-hybridized carbons (Fsp3) is 0.167. The molecule has 0 fully saturated rings. The van der Waals surface area contributed by atoms with Gasteiger partial charge < -0.3 is 4.74 Å². The molecule has 82 valence electrons. The Labute approximate surface area is 98.0 Å². The van der Waals surface area contributed by atoms with Crippen molar-refractivity contribution >= 4 is 27.6 Å². The van der Waals surface area contributed by atoms with E-state index in [4.69, 9.17) is 16.3 Å². The minimum absolute atomic E-state index is 0.247. The first-order valence-electron chi connectivity index (χ1n) is 4.78. The quantitative estimate of drug-likeness (QED) is 0.752. The topological polar surface area (TPSA) is 39.2 Å². The van der Waals surface area contributed by atoms with Gasteiger partial charge in [0.2, 0.25) is 5.88 Å². The largest absolute Gasteiger partial charge is 0.481 e. The molecule has 0 radical (unpaired) electrons. The number of nitrogens with zero attached hydrogens (tertiary/aromatic N) is 1. The number of hydrogen-bond acceptors (Lipinski definition) is 3. The number of ether oxygens (including phenoxy) is 1. The Kier molecular flexibility index (Phi) is 2.79. The second-order valence-electron chi connectivity index (χ2n) is 3.41. The first kappa shape index (κ1) is 10.9. The van der Waals surface area contributed by atoms with Gasteiger partial charge in [0.1, 0.15) is 5.69 Å². The van der Waals surface area contributed by atoms with Gasteiger partial charge >= 0.3 is 0 Å². The highest BCUT2D eigenvalue weighted by Gasteiger charge is 2.14. The van der Waals surface area contributed by atoms with Crippen LogP contribution in [0.1, 0.15) is 16.1 Å². The van der Waals surface area contributed by atoms with Crippen molar-refractivity contribution in [2.45, 2.75) is 6.92 Å². The predicted molar refractivity (Wildman–Crippen MR) is 63.2 cm³/mol. The van der Waals surface area contributed by atoms with E-state index in [-0.39, 0.29) is 5.69 Å². The van der Waals surface area contributed by atoms with Gasteiger partial charge in [0.15, 0.2) is 0 Å². The molecular weight excluding hydrogens is 226 g/mol. The van der Waals surface area contributed by atoms with Crippen molar-refractivity contribution in [3.05, 3.63) is 35.5 Å². The predicted octanol–water partition coefficient (Wildman–Crippen LogP) is 2.93. The van der Waals surface area contributed by atoms with Gasteiger partial charge in [-0.2, -0.15) is 0 Å². The van der Waals surface area contributed by atoms with Gasteiger partial charge in [-0.3, -0.25) is 4.79 Å². The standard InChI is InChI=1S/C12H10ClNO2/c1-7-8-5-3-4-6-9(8)12(16-2)14-10(7)11(13)15/h3-6H,1-2H3. The number of hydrogen-bond donors (Lipinski definition) is 0. The van der Waals surface area contributed by atoms with Crippen LogP contribution in [0.15, 0.2) is 24.3 Å². The molecule has 1 aromatic heterocycles. The molecule has 2 aromatic rings.